The van der Waals surface area contributed by atoms with Crippen molar-refractivity contribution in [3.05, 3.63) is 83.4 Å². The second-order valence-corrected chi connectivity index (χ2v) is 8.62. The average Bonchev–Trinajstić information content (AvgIpc) is 2.80. The molecule has 0 aliphatic heterocycles. The Hall–Kier alpha value is -3.34. The van der Waals surface area contributed by atoms with Gasteiger partial charge in [0.1, 0.15) is 5.82 Å². The highest BCUT2D eigenvalue weighted by Crippen LogP contribution is 2.34. The van der Waals surface area contributed by atoms with Crippen molar-refractivity contribution in [2.75, 3.05) is 4.90 Å². The highest BCUT2D eigenvalue weighted by atomic mass is 19.1. The summed E-state index contributed by atoms with van der Waals surface area (Å²) in [6.45, 7) is 3.75. The summed E-state index contributed by atoms with van der Waals surface area (Å²) < 4.78 is 15.1. The maximum absolute atomic E-state index is 15.1. The molecule has 0 spiro atoms. The van der Waals surface area contributed by atoms with E-state index in [0.29, 0.717) is 30.5 Å². The van der Waals surface area contributed by atoms with Gasteiger partial charge in [-0.15, -0.1) is 0 Å². The van der Waals surface area contributed by atoms with Crippen LogP contribution in [0.4, 0.5) is 10.1 Å². The zero-order valence-electron chi connectivity index (χ0n) is 19.2. The number of pyridine rings is 1. The van der Waals surface area contributed by atoms with Crippen LogP contribution in [0.2, 0.25) is 0 Å². The number of hydrogen-bond donors (Lipinski definition) is 0. The van der Waals surface area contributed by atoms with Gasteiger partial charge in [-0.25, -0.2) is 4.39 Å². The molecule has 1 aromatic heterocycles. The molecule has 2 aromatic carbocycles. The van der Waals surface area contributed by atoms with Gasteiger partial charge in [0.05, 0.1) is 5.69 Å². The number of nitrogens with zero attached hydrogens (tertiary/aromatic N) is 2. The first-order valence-corrected chi connectivity index (χ1v) is 11.6. The third-order valence-corrected chi connectivity index (χ3v) is 6.50. The first kappa shape index (κ1) is 22.8. The molecular formula is C28H29FN2O2. The van der Waals surface area contributed by atoms with Gasteiger partial charge in [0.2, 0.25) is 5.91 Å². The summed E-state index contributed by atoms with van der Waals surface area (Å²) in [5.41, 5.74) is 4.57. The van der Waals surface area contributed by atoms with Crippen molar-refractivity contribution in [2.24, 2.45) is 0 Å². The van der Waals surface area contributed by atoms with E-state index in [0.717, 1.165) is 41.6 Å². The van der Waals surface area contributed by atoms with E-state index in [1.54, 1.807) is 36.2 Å². The van der Waals surface area contributed by atoms with Gasteiger partial charge in [0.15, 0.2) is 5.78 Å². The van der Waals surface area contributed by atoms with E-state index in [-0.39, 0.29) is 17.7 Å². The Morgan fingerprint density at radius 1 is 1.06 bits per heavy atom. The van der Waals surface area contributed by atoms with Crippen LogP contribution in [0.3, 0.4) is 0 Å². The molecule has 4 rings (SSSR count). The van der Waals surface area contributed by atoms with Crippen LogP contribution < -0.4 is 4.90 Å². The van der Waals surface area contributed by atoms with Crippen LogP contribution >= 0.6 is 0 Å². The van der Waals surface area contributed by atoms with E-state index in [9.17, 15) is 9.59 Å². The molecule has 0 radical (unpaired) electrons. The van der Waals surface area contributed by atoms with E-state index in [2.05, 4.69) is 4.98 Å². The Morgan fingerprint density at radius 3 is 2.39 bits per heavy atom. The lowest BCUT2D eigenvalue weighted by Gasteiger charge is -2.37. The lowest BCUT2D eigenvalue weighted by atomic mass is 9.90. The zero-order valence-corrected chi connectivity index (χ0v) is 19.2. The minimum absolute atomic E-state index is 0.0457. The van der Waals surface area contributed by atoms with Crippen LogP contribution in [0.5, 0.6) is 0 Å². The molecule has 0 saturated heterocycles. The molecule has 1 aliphatic rings. The zero-order chi connectivity index (χ0) is 23.4. The highest BCUT2D eigenvalue weighted by Gasteiger charge is 2.30. The number of Topliss-reactive ketones (excluding diaryl/α,β-unsaturated/α-hetero) is 1. The summed E-state index contributed by atoms with van der Waals surface area (Å²) in [6, 6.07) is 16.3. The average molecular weight is 445 g/mol. The summed E-state index contributed by atoms with van der Waals surface area (Å²) in [5.74, 6) is -0.371. The molecule has 4 nitrogen and oxygen atoms in total. The van der Waals surface area contributed by atoms with Crippen LogP contribution in [0.25, 0.3) is 11.1 Å². The van der Waals surface area contributed by atoms with E-state index >= 15 is 4.39 Å². The van der Waals surface area contributed by atoms with Gasteiger partial charge < -0.3 is 4.90 Å². The van der Waals surface area contributed by atoms with E-state index < -0.39 is 5.82 Å². The van der Waals surface area contributed by atoms with Gasteiger partial charge in [-0.1, -0.05) is 43.3 Å². The molecule has 33 heavy (non-hydrogen) atoms. The van der Waals surface area contributed by atoms with Crippen molar-refractivity contribution >= 4 is 17.4 Å². The van der Waals surface area contributed by atoms with Gasteiger partial charge >= 0.3 is 0 Å². The molecule has 1 heterocycles. The molecule has 5 heteroatoms. The van der Waals surface area contributed by atoms with Gasteiger partial charge in [0.25, 0.3) is 0 Å². The van der Waals surface area contributed by atoms with Crippen molar-refractivity contribution in [3.63, 3.8) is 0 Å². The fraction of sp³-hybridized carbons (Fsp3) is 0.321. The Labute approximate surface area is 194 Å². The number of rotatable bonds is 8. The first-order valence-electron chi connectivity index (χ1n) is 11.6. The van der Waals surface area contributed by atoms with Crippen LogP contribution in [0, 0.1) is 12.7 Å². The number of aromatic nitrogens is 1. The fourth-order valence-corrected chi connectivity index (χ4v) is 4.25. The maximum atomic E-state index is 15.1. The maximum Gasteiger partial charge on any atom is 0.227 e. The number of aryl methyl sites for hydroxylation is 2. The number of carbonyl (C=O) groups is 2. The highest BCUT2D eigenvalue weighted by molar-refractivity contribution is 5.97. The molecule has 1 saturated carbocycles. The van der Waals surface area contributed by atoms with Crippen molar-refractivity contribution in [3.8, 4) is 11.1 Å². The van der Waals surface area contributed by atoms with E-state index in [1.165, 1.54) is 6.07 Å². The predicted molar refractivity (Wildman–Crippen MR) is 129 cm³/mol. The lowest BCUT2D eigenvalue weighted by Crippen LogP contribution is -2.44. The number of carbonyl (C=O) groups excluding carboxylic acids is 2. The van der Waals surface area contributed by atoms with Crippen molar-refractivity contribution < 1.29 is 14.0 Å². The Kier molecular flexibility index (Phi) is 6.97. The number of halogens is 1. The van der Waals surface area contributed by atoms with Crippen molar-refractivity contribution in [1.29, 1.82) is 0 Å². The van der Waals surface area contributed by atoms with E-state index in [1.807, 2.05) is 37.3 Å². The number of hydrogen-bond acceptors (Lipinski definition) is 3. The lowest BCUT2D eigenvalue weighted by molar-refractivity contribution is -0.119. The molecule has 0 unspecified atom stereocenters. The minimum atomic E-state index is -0.395. The summed E-state index contributed by atoms with van der Waals surface area (Å²) in [7, 11) is 0. The van der Waals surface area contributed by atoms with Gasteiger partial charge in [-0.2, -0.15) is 0 Å². The van der Waals surface area contributed by atoms with Gasteiger partial charge in [-0.05, 0) is 67.5 Å². The molecule has 170 valence electrons. The molecule has 0 atom stereocenters. The number of amides is 1. The second-order valence-electron chi connectivity index (χ2n) is 8.62. The second kappa shape index (κ2) is 10.1. The third-order valence-electron chi connectivity index (χ3n) is 6.50. The standard InChI is InChI=1S/C28H29FN2O2/c1-3-28(33)31(24-7-4-8-24)26-15-13-23(18-25(26)29)21-9-11-22(12-10-21)27(32)16-14-20-6-5-17-30-19(20)2/h5-6,9-13,15,17-18,24H,3-4,7-8,14,16H2,1-2H3. The largest absolute Gasteiger partial charge is 0.307 e. The topological polar surface area (TPSA) is 50.3 Å². The summed E-state index contributed by atoms with van der Waals surface area (Å²) in [6.07, 6.45) is 6.09. The van der Waals surface area contributed by atoms with Crippen LogP contribution in [-0.4, -0.2) is 22.7 Å². The normalized spacial score (nSPS) is 13.4. The number of benzene rings is 2. The van der Waals surface area contributed by atoms with Crippen LogP contribution in [-0.2, 0) is 11.2 Å². The van der Waals surface area contributed by atoms with Gasteiger partial charge in [0, 0.05) is 36.3 Å². The first-order chi connectivity index (χ1) is 16.0. The molecule has 3 aromatic rings. The minimum Gasteiger partial charge on any atom is -0.307 e. The third kappa shape index (κ3) is 5.03. The summed E-state index contributed by atoms with van der Waals surface area (Å²) in [4.78, 5) is 31.0. The summed E-state index contributed by atoms with van der Waals surface area (Å²) in [5, 5.41) is 0. The molecule has 0 bridgehead atoms. The number of ketones is 1. The van der Waals surface area contributed by atoms with Gasteiger partial charge in [-0.3, -0.25) is 14.6 Å². The monoisotopic (exact) mass is 444 g/mol. The smallest absolute Gasteiger partial charge is 0.227 e. The summed E-state index contributed by atoms with van der Waals surface area (Å²) >= 11 is 0. The van der Waals surface area contributed by atoms with E-state index in [4.69, 9.17) is 0 Å². The molecule has 1 amide bonds. The Morgan fingerprint density at radius 2 is 1.79 bits per heavy atom. The van der Waals surface area contributed by atoms with Crippen molar-refractivity contribution in [1.82, 2.24) is 4.98 Å². The molecule has 1 aliphatic carbocycles. The quantitative estimate of drug-likeness (QED) is 0.383. The van der Waals surface area contributed by atoms with Crippen molar-refractivity contribution in [2.45, 2.75) is 58.4 Å². The molecule has 1 fully saturated rings. The predicted octanol–water partition coefficient (Wildman–Crippen LogP) is 6.31. The Bertz CT molecular complexity index is 1150. The fourth-order valence-electron chi connectivity index (χ4n) is 4.25. The van der Waals surface area contributed by atoms with Crippen LogP contribution in [0.1, 0.15) is 60.6 Å². The molecule has 0 N–H and O–H groups in total. The molecular weight excluding hydrogens is 415 g/mol. The number of anilines is 1. The van der Waals surface area contributed by atoms with Crippen LogP contribution in [0.15, 0.2) is 60.8 Å². The Balaban J connectivity index is 1.47. The SMILES string of the molecule is CCC(=O)N(c1ccc(-c2ccc(C(=O)CCc3cccnc3C)cc2)cc1F)C1CCC1.